The van der Waals surface area contributed by atoms with Crippen LogP contribution < -0.4 is 4.74 Å². The number of halogens is 3. The van der Waals surface area contributed by atoms with Crippen LogP contribution >= 0.6 is 39.1 Å². The summed E-state index contributed by atoms with van der Waals surface area (Å²) >= 11 is 15.8. The van der Waals surface area contributed by atoms with Gasteiger partial charge in [0.1, 0.15) is 5.75 Å². The molecule has 1 unspecified atom stereocenters. The molecule has 0 aromatic heterocycles. The van der Waals surface area contributed by atoms with Gasteiger partial charge in [-0.15, -0.1) is 11.6 Å². The average molecular weight is 346 g/mol. The van der Waals surface area contributed by atoms with Crippen LogP contribution in [-0.2, 0) is 0 Å². The Kier molecular flexibility index (Phi) is 4.55. The van der Waals surface area contributed by atoms with Crippen LogP contribution in [0.25, 0.3) is 0 Å². The zero-order valence-corrected chi connectivity index (χ0v) is 12.8. The van der Waals surface area contributed by atoms with E-state index in [1.54, 1.807) is 7.11 Å². The van der Waals surface area contributed by atoms with Crippen LogP contribution in [0.5, 0.6) is 5.75 Å². The lowest BCUT2D eigenvalue weighted by Crippen LogP contribution is -1.95. The molecule has 2 aromatic carbocycles. The van der Waals surface area contributed by atoms with E-state index in [2.05, 4.69) is 15.9 Å². The molecule has 2 rings (SSSR count). The molecule has 0 bridgehead atoms. The van der Waals surface area contributed by atoms with Crippen molar-refractivity contribution in [2.75, 3.05) is 7.11 Å². The van der Waals surface area contributed by atoms with Crippen molar-refractivity contribution in [3.63, 3.8) is 0 Å². The predicted molar refractivity (Wildman–Crippen MR) is 79.8 cm³/mol. The van der Waals surface area contributed by atoms with Crippen LogP contribution in [0.15, 0.2) is 46.9 Å². The van der Waals surface area contributed by atoms with Gasteiger partial charge < -0.3 is 4.74 Å². The van der Waals surface area contributed by atoms with Gasteiger partial charge in [0.15, 0.2) is 0 Å². The number of methoxy groups -OCH3 is 1. The molecule has 0 amide bonds. The van der Waals surface area contributed by atoms with E-state index in [4.69, 9.17) is 27.9 Å². The lowest BCUT2D eigenvalue weighted by molar-refractivity contribution is 0.414. The number of rotatable bonds is 3. The highest BCUT2D eigenvalue weighted by atomic mass is 79.9. The van der Waals surface area contributed by atoms with Gasteiger partial charge in [-0.3, -0.25) is 0 Å². The Morgan fingerprint density at radius 2 is 1.78 bits per heavy atom. The molecule has 0 spiro atoms. The van der Waals surface area contributed by atoms with E-state index in [9.17, 15) is 0 Å². The van der Waals surface area contributed by atoms with Gasteiger partial charge in [-0.05, 0) is 35.4 Å². The van der Waals surface area contributed by atoms with Gasteiger partial charge in [-0.25, -0.2) is 0 Å². The van der Waals surface area contributed by atoms with E-state index in [1.807, 2.05) is 42.5 Å². The van der Waals surface area contributed by atoms with Gasteiger partial charge in [-0.2, -0.15) is 0 Å². The van der Waals surface area contributed by atoms with Crippen molar-refractivity contribution in [1.29, 1.82) is 0 Å². The summed E-state index contributed by atoms with van der Waals surface area (Å²) in [6, 6.07) is 13.3. The maximum atomic E-state index is 6.47. The van der Waals surface area contributed by atoms with Gasteiger partial charge in [0.05, 0.1) is 12.5 Å². The summed E-state index contributed by atoms with van der Waals surface area (Å²) < 4.78 is 6.09. The molecule has 0 radical (unpaired) electrons. The average Bonchev–Trinajstić information content (AvgIpc) is 2.38. The number of hydrogen-bond donors (Lipinski definition) is 0. The lowest BCUT2D eigenvalue weighted by Gasteiger charge is -2.13. The molecule has 0 aliphatic rings. The second kappa shape index (κ2) is 5.96. The molecule has 0 fully saturated rings. The largest absolute Gasteiger partial charge is 0.497 e. The first kappa shape index (κ1) is 13.7. The molecular formula is C14H11BrCl2O. The third kappa shape index (κ3) is 3.00. The maximum Gasteiger partial charge on any atom is 0.120 e. The van der Waals surface area contributed by atoms with Crippen LogP contribution in [0, 0.1) is 0 Å². The Morgan fingerprint density at radius 1 is 1.11 bits per heavy atom. The van der Waals surface area contributed by atoms with Crippen LogP contribution in [0.3, 0.4) is 0 Å². The zero-order chi connectivity index (χ0) is 13.1. The molecule has 4 heteroatoms. The minimum absolute atomic E-state index is 0.220. The second-order valence-corrected chi connectivity index (χ2v) is 5.53. The number of hydrogen-bond acceptors (Lipinski definition) is 1. The summed E-state index contributed by atoms with van der Waals surface area (Å²) in [4.78, 5) is 0. The monoisotopic (exact) mass is 344 g/mol. The molecule has 0 aliphatic carbocycles. The van der Waals surface area contributed by atoms with Gasteiger partial charge >= 0.3 is 0 Å². The molecule has 1 nitrogen and oxygen atoms in total. The van der Waals surface area contributed by atoms with Gasteiger partial charge in [0.2, 0.25) is 0 Å². The minimum atomic E-state index is -0.220. The number of ether oxygens (including phenoxy) is 1. The molecule has 0 aliphatic heterocycles. The standard InChI is InChI=1S/C14H11BrCl2O/c1-18-11-6-7-12(13(15)8-11)14(17)9-2-4-10(16)5-3-9/h2-8,14H,1H3. The quantitative estimate of drug-likeness (QED) is 0.673. The third-order valence-electron chi connectivity index (χ3n) is 2.64. The Bertz CT molecular complexity index is 540. The maximum absolute atomic E-state index is 6.47. The molecule has 0 heterocycles. The Hall–Kier alpha value is -0.700. The van der Waals surface area contributed by atoms with Crippen LogP contribution in [0.1, 0.15) is 16.5 Å². The Labute approximate surface area is 125 Å². The third-order valence-corrected chi connectivity index (χ3v) is 4.07. The van der Waals surface area contributed by atoms with E-state index >= 15 is 0 Å². The molecule has 2 aromatic rings. The smallest absolute Gasteiger partial charge is 0.120 e. The SMILES string of the molecule is COc1ccc(C(Cl)c2ccc(Cl)cc2)c(Br)c1. The topological polar surface area (TPSA) is 9.23 Å². The zero-order valence-electron chi connectivity index (χ0n) is 9.66. The van der Waals surface area contributed by atoms with E-state index in [-0.39, 0.29) is 5.38 Å². The van der Waals surface area contributed by atoms with Crippen molar-refractivity contribution < 1.29 is 4.74 Å². The Morgan fingerprint density at radius 3 is 2.33 bits per heavy atom. The number of benzene rings is 2. The summed E-state index contributed by atoms with van der Waals surface area (Å²) in [5.41, 5.74) is 2.01. The first-order valence-corrected chi connectivity index (χ1v) is 6.95. The fraction of sp³-hybridized carbons (Fsp3) is 0.143. The van der Waals surface area contributed by atoms with Crippen LogP contribution in [0.4, 0.5) is 0 Å². The van der Waals surface area contributed by atoms with E-state index in [0.717, 1.165) is 21.3 Å². The highest BCUT2D eigenvalue weighted by molar-refractivity contribution is 9.10. The normalized spacial score (nSPS) is 12.2. The fourth-order valence-electron chi connectivity index (χ4n) is 1.65. The molecule has 94 valence electrons. The Balaban J connectivity index is 2.33. The van der Waals surface area contributed by atoms with Crippen molar-refractivity contribution >= 4 is 39.1 Å². The van der Waals surface area contributed by atoms with Crippen LogP contribution in [0.2, 0.25) is 5.02 Å². The van der Waals surface area contributed by atoms with Gasteiger partial charge in [-0.1, -0.05) is 45.7 Å². The summed E-state index contributed by atoms with van der Waals surface area (Å²) in [6.07, 6.45) is 0. The van der Waals surface area contributed by atoms with E-state index in [1.165, 1.54) is 0 Å². The van der Waals surface area contributed by atoms with Gasteiger partial charge in [0, 0.05) is 9.50 Å². The predicted octanol–water partition coefficient (Wildman–Crippen LogP) is 5.44. The first-order valence-electron chi connectivity index (χ1n) is 5.35. The molecular weight excluding hydrogens is 335 g/mol. The second-order valence-electron chi connectivity index (χ2n) is 3.80. The van der Waals surface area contributed by atoms with Gasteiger partial charge in [0.25, 0.3) is 0 Å². The van der Waals surface area contributed by atoms with E-state index < -0.39 is 0 Å². The molecule has 0 saturated carbocycles. The minimum Gasteiger partial charge on any atom is -0.497 e. The lowest BCUT2D eigenvalue weighted by atomic mass is 10.0. The van der Waals surface area contributed by atoms with E-state index in [0.29, 0.717) is 5.02 Å². The number of alkyl halides is 1. The van der Waals surface area contributed by atoms with Crippen molar-refractivity contribution in [3.8, 4) is 5.75 Å². The fourth-order valence-corrected chi connectivity index (χ4v) is 2.83. The van der Waals surface area contributed by atoms with Crippen molar-refractivity contribution in [3.05, 3.63) is 63.1 Å². The van der Waals surface area contributed by atoms with Crippen molar-refractivity contribution in [2.45, 2.75) is 5.38 Å². The first-order chi connectivity index (χ1) is 8.61. The summed E-state index contributed by atoms with van der Waals surface area (Å²) in [5.74, 6) is 0.797. The van der Waals surface area contributed by atoms with Crippen molar-refractivity contribution in [2.24, 2.45) is 0 Å². The summed E-state index contributed by atoms with van der Waals surface area (Å²) in [7, 11) is 1.64. The summed E-state index contributed by atoms with van der Waals surface area (Å²) in [5, 5.41) is 0.485. The highest BCUT2D eigenvalue weighted by Gasteiger charge is 2.14. The van der Waals surface area contributed by atoms with Crippen LogP contribution in [-0.4, -0.2) is 7.11 Å². The molecule has 0 N–H and O–H groups in total. The van der Waals surface area contributed by atoms with Crippen molar-refractivity contribution in [1.82, 2.24) is 0 Å². The summed E-state index contributed by atoms with van der Waals surface area (Å²) in [6.45, 7) is 0. The molecule has 0 saturated heterocycles. The molecule has 18 heavy (non-hydrogen) atoms. The highest BCUT2D eigenvalue weighted by Crippen LogP contribution is 2.35. The molecule has 1 atom stereocenters.